The van der Waals surface area contributed by atoms with Crippen molar-refractivity contribution in [3.05, 3.63) is 61.5 Å². The average molecular weight is 1170 g/mol. The van der Waals surface area contributed by atoms with Gasteiger partial charge >= 0.3 is 7.12 Å². The Labute approximate surface area is 461 Å². The Morgan fingerprint density at radius 3 is 1.42 bits per heavy atom. The molecule has 0 N–H and O–H groups in total. The average Bonchev–Trinajstić information content (AvgIpc) is 3.49. The van der Waals surface area contributed by atoms with E-state index < -0.39 is 32.8 Å². The molecule has 0 aromatic carbocycles. The van der Waals surface area contributed by atoms with Crippen LogP contribution in [-0.4, -0.2) is 123 Å². The summed E-state index contributed by atoms with van der Waals surface area (Å²) in [5.74, 6) is 3.05. The first-order chi connectivity index (χ1) is 34.0. The van der Waals surface area contributed by atoms with Gasteiger partial charge in [-0.15, -0.1) is 0 Å². The van der Waals surface area contributed by atoms with Crippen LogP contribution in [0, 0.1) is 0 Å². The fourth-order valence-electron chi connectivity index (χ4n) is 7.27. The summed E-state index contributed by atoms with van der Waals surface area (Å²) in [7, 11) is -6.00. The van der Waals surface area contributed by atoms with Crippen LogP contribution in [0.1, 0.15) is 113 Å². The highest BCUT2D eigenvalue weighted by atomic mass is 79.9. The van der Waals surface area contributed by atoms with E-state index in [0.29, 0.717) is 49.4 Å². The fraction of sp³-hybridized carbons (Fsp3) is 0.778. The van der Waals surface area contributed by atoms with E-state index in [4.69, 9.17) is 32.6 Å². The van der Waals surface area contributed by atoms with Gasteiger partial charge in [0.05, 0.1) is 30.1 Å². The molecule has 74 heavy (non-hydrogen) atoms. The molecule has 2 aromatic heterocycles. The number of anilines is 2. The lowest BCUT2D eigenvalue weighted by Gasteiger charge is -2.35. The minimum absolute atomic E-state index is 0.0573. The summed E-state index contributed by atoms with van der Waals surface area (Å²) in [6.07, 6.45) is 16.4. The highest BCUT2D eigenvalue weighted by molar-refractivity contribution is 9.10. The van der Waals surface area contributed by atoms with Crippen molar-refractivity contribution >= 4 is 73.5 Å². The summed E-state index contributed by atoms with van der Waals surface area (Å²) in [6.45, 7) is 51.5. The van der Waals surface area contributed by atoms with E-state index in [1.165, 1.54) is 12.8 Å². The third kappa shape index (κ3) is 22.0. The Morgan fingerprint density at radius 1 is 0.622 bits per heavy atom. The second-order valence-electron chi connectivity index (χ2n) is 26.8. The van der Waals surface area contributed by atoms with Crippen LogP contribution >= 0.6 is 15.9 Å². The molecule has 3 saturated heterocycles. The maximum atomic E-state index is 13.1. The maximum absolute atomic E-state index is 13.1. The van der Waals surface area contributed by atoms with Crippen molar-refractivity contribution in [2.24, 2.45) is 0 Å². The molecular formula is C54H102BBrN6O8Si4. The van der Waals surface area contributed by atoms with Gasteiger partial charge in [-0.05, 0) is 137 Å². The molecule has 0 unspecified atom stereocenters. The number of nitrogens with zero attached hydrogens (tertiary/aromatic N) is 6. The minimum atomic E-state index is -1.79. The molecule has 3 aliphatic heterocycles. The second-order valence-corrected chi connectivity index (χ2v) is 48.5. The van der Waals surface area contributed by atoms with Crippen molar-refractivity contribution in [3.63, 3.8) is 0 Å². The predicted molar refractivity (Wildman–Crippen MR) is 326 cm³/mol. The van der Waals surface area contributed by atoms with Gasteiger partial charge in [0.15, 0.2) is 28.3 Å². The predicted octanol–water partition coefficient (Wildman–Crippen LogP) is 13.1. The number of rotatable bonds is 20. The van der Waals surface area contributed by atoms with E-state index in [0.717, 1.165) is 69.6 Å². The molecule has 2 aromatic rings. The molecule has 5 heterocycles. The molecular weight excluding hydrogens is 1060 g/mol. The zero-order valence-electron chi connectivity index (χ0n) is 50.1. The van der Waals surface area contributed by atoms with Crippen LogP contribution in [0.2, 0.25) is 87.6 Å². The van der Waals surface area contributed by atoms with Crippen LogP contribution < -0.4 is 20.9 Å². The van der Waals surface area contributed by atoms with Crippen LogP contribution in [0.15, 0.2) is 44.7 Å². The van der Waals surface area contributed by atoms with Gasteiger partial charge in [0, 0.05) is 67.9 Å². The van der Waals surface area contributed by atoms with Crippen molar-refractivity contribution < 1.29 is 27.6 Å². The van der Waals surface area contributed by atoms with Crippen LogP contribution in [0.25, 0.3) is 6.08 Å². The summed E-state index contributed by atoms with van der Waals surface area (Å²) in [5, 5.41) is 0.423. The summed E-state index contributed by atoms with van der Waals surface area (Å²) in [4.78, 5) is 39.0. The van der Waals surface area contributed by atoms with E-state index in [2.05, 4.69) is 165 Å². The van der Waals surface area contributed by atoms with Crippen LogP contribution in [0.5, 0.6) is 0 Å². The Morgan fingerprint density at radius 2 is 1.01 bits per heavy atom. The van der Waals surface area contributed by atoms with Gasteiger partial charge in [0.25, 0.3) is 11.1 Å². The zero-order chi connectivity index (χ0) is 56.0. The monoisotopic (exact) mass is 1160 g/mol. The van der Waals surface area contributed by atoms with Crippen LogP contribution in [0.3, 0.4) is 0 Å². The number of piperidine rings is 2. The molecule has 422 valence electrons. The summed E-state index contributed by atoms with van der Waals surface area (Å²) >= 11 is 3.41. The van der Waals surface area contributed by atoms with Gasteiger partial charge in [0.2, 0.25) is 0 Å². The lowest BCUT2D eigenvalue weighted by atomic mass is 9.90. The second kappa shape index (κ2) is 28.2. The van der Waals surface area contributed by atoms with Gasteiger partial charge in [0.1, 0.15) is 18.1 Å². The Kier molecular flexibility index (Phi) is 25.3. The smallest absolute Gasteiger partial charge is 0.413 e. The third-order valence-electron chi connectivity index (χ3n) is 15.2. The van der Waals surface area contributed by atoms with E-state index in [1.807, 2.05) is 30.4 Å². The molecule has 20 heteroatoms. The highest BCUT2D eigenvalue weighted by Crippen LogP contribution is 2.39. The van der Waals surface area contributed by atoms with Crippen molar-refractivity contribution in [3.8, 4) is 0 Å². The molecule has 0 aliphatic carbocycles. The first kappa shape index (κ1) is 66.3. The highest BCUT2D eigenvalue weighted by Gasteiger charge is 2.50. The molecule has 0 spiro atoms. The van der Waals surface area contributed by atoms with E-state index in [-0.39, 0.29) is 46.2 Å². The first-order valence-electron chi connectivity index (χ1n) is 27.5. The molecule has 0 atom stereocenters. The van der Waals surface area contributed by atoms with Gasteiger partial charge in [-0.25, -0.2) is 9.97 Å². The number of ether oxygens (including phenoxy) is 2. The Bertz CT molecular complexity index is 2200. The lowest BCUT2D eigenvalue weighted by Crippen LogP contribution is -2.41. The molecule has 0 amide bonds. The van der Waals surface area contributed by atoms with Crippen LogP contribution in [0.4, 0.5) is 11.6 Å². The zero-order valence-corrected chi connectivity index (χ0v) is 55.7. The number of hydrogen-bond acceptors (Lipinski definition) is 12. The van der Waals surface area contributed by atoms with Crippen molar-refractivity contribution in [2.45, 2.75) is 220 Å². The molecule has 14 nitrogen and oxygen atoms in total. The molecule has 0 saturated carbocycles. The summed E-state index contributed by atoms with van der Waals surface area (Å²) in [6, 6.07) is 2.19. The SMILES string of the molecule is CC(C)(C)[Si](C)(C)OC/C=C/c1cn(COCC[Si](C)(C)C)c(=O)c(N2CCCCC2)n1.CC1(C)OB(/C=C/CO[Si](C)(C)C(C)(C)C)OC1(C)C.C[Si](C)(C)CCOCn1cc(Br)nc(N2CCCCC2)c1=O. The molecule has 5 rings (SSSR count). The summed E-state index contributed by atoms with van der Waals surface area (Å²) in [5.41, 5.74) is 0.107. The van der Waals surface area contributed by atoms with E-state index in [1.54, 1.807) is 15.3 Å². The normalized spacial score (nSPS) is 17.9. The first-order valence-corrected chi connectivity index (χ1v) is 41.5. The minimum Gasteiger partial charge on any atom is -0.413 e. The molecule has 0 radical (unpaired) electrons. The Balaban J connectivity index is 0.000000304. The van der Waals surface area contributed by atoms with Gasteiger partial charge in [-0.1, -0.05) is 99.0 Å². The standard InChI is InChI=1S/C24H45N3O3Si2.C15H31BO3Si.C15H26BrN3O2Si/c1-24(2,3)32(7,8)30-16-12-13-21-19-27(20-29-17-18-31(4,5)6)23(28)22(25-21)26-14-10-9-11-15-26;1-13(2,3)20(8,9)17-12-10-11-16-18-14(4,5)15(6,7)19-16;1-22(2,3)10-9-21-12-19-11-13(16)17-14(15(19)20)18-7-5-4-6-8-18/h12-13,19H,9-11,14-18,20H2,1-8H3;10-11H,12H2,1-9H3;11H,4-10,12H2,1-3H3/b13-12+;11-10+;. The number of halogens is 1. The summed E-state index contributed by atoms with van der Waals surface area (Å²) < 4.78 is 39.7. The van der Waals surface area contributed by atoms with Crippen molar-refractivity contribution in [1.82, 2.24) is 19.1 Å². The lowest BCUT2D eigenvalue weighted by molar-refractivity contribution is 0.00578. The van der Waals surface area contributed by atoms with Gasteiger partial charge in [-0.2, -0.15) is 0 Å². The quantitative estimate of drug-likeness (QED) is 0.0923. The molecule has 0 bridgehead atoms. The Hall–Kier alpha value is -1.99. The third-order valence-corrected chi connectivity index (χ3v) is 28.0. The maximum Gasteiger partial charge on any atom is 0.486 e. The van der Waals surface area contributed by atoms with E-state index >= 15 is 0 Å². The molecule has 3 aliphatic rings. The van der Waals surface area contributed by atoms with Crippen molar-refractivity contribution in [2.75, 3.05) is 62.4 Å². The van der Waals surface area contributed by atoms with Gasteiger partial charge < -0.3 is 37.4 Å². The largest absolute Gasteiger partial charge is 0.486 e. The van der Waals surface area contributed by atoms with E-state index in [9.17, 15) is 9.59 Å². The number of aromatic nitrogens is 4. The number of hydrogen-bond donors (Lipinski definition) is 0. The molecule has 3 fully saturated rings. The van der Waals surface area contributed by atoms with Crippen molar-refractivity contribution in [1.29, 1.82) is 0 Å². The topological polar surface area (TPSA) is 132 Å². The van der Waals surface area contributed by atoms with Crippen LogP contribution in [-0.2, 0) is 41.1 Å². The van der Waals surface area contributed by atoms with Gasteiger partial charge in [-0.3, -0.25) is 18.7 Å². The fourth-order valence-corrected chi connectivity index (χ4v) is 11.1.